The van der Waals surface area contributed by atoms with Gasteiger partial charge in [0.1, 0.15) is 19.2 Å². The van der Waals surface area contributed by atoms with E-state index < -0.39 is 5.41 Å². The zero-order chi connectivity index (χ0) is 25.5. The number of Topliss-reactive ketones (excluding diaryl/α,β-unsaturated/α-hetero) is 1. The van der Waals surface area contributed by atoms with Crippen LogP contribution in [0.25, 0.3) is 0 Å². The fourth-order valence-electron chi connectivity index (χ4n) is 6.27. The lowest BCUT2D eigenvalue weighted by molar-refractivity contribution is -0.131. The number of allylic oxidation sites excluding steroid dienone is 6. The zero-order valence-corrected chi connectivity index (χ0v) is 21.5. The van der Waals surface area contributed by atoms with Gasteiger partial charge in [-0.2, -0.15) is 0 Å². The van der Waals surface area contributed by atoms with Gasteiger partial charge < -0.3 is 14.6 Å². The molecule has 34 heavy (non-hydrogen) atoms. The Kier molecular flexibility index (Phi) is 10.5. The van der Waals surface area contributed by atoms with Gasteiger partial charge in [-0.3, -0.25) is 9.59 Å². The molecular weight excluding hydrogens is 452 g/mol. The average molecular weight is 491 g/mol. The van der Waals surface area contributed by atoms with Crippen molar-refractivity contribution in [2.45, 2.75) is 65.7 Å². The van der Waals surface area contributed by atoms with E-state index in [1.165, 1.54) is 5.57 Å². The summed E-state index contributed by atoms with van der Waals surface area (Å²) in [6.45, 7) is 11.5. The van der Waals surface area contributed by atoms with Gasteiger partial charge in [-0.05, 0) is 88.4 Å². The van der Waals surface area contributed by atoms with Gasteiger partial charge in [0.15, 0.2) is 11.6 Å². The smallest absolute Gasteiger partial charge is 0.173 e. The van der Waals surface area contributed by atoms with E-state index >= 15 is 0 Å². The third-order valence-electron chi connectivity index (χ3n) is 7.95. The molecule has 5 atom stereocenters. The van der Waals surface area contributed by atoms with Crippen molar-refractivity contribution in [2.75, 3.05) is 13.2 Å². The summed E-state index contributed by atoms with van der Waals surface area (Å²) in [5.74, 6) is 1.84. The monoisotopic (exact) mass is 490 g/mol. The van der Waals surface area contributed by atoms with Crippen LogP contribution in [-0.4, -0.2) is 36.7 Å². The minimum absolute atomic E-state index is 0.00319. The van der Waals surface area contributed by atoms with Gasteiger partial charge in [-0.25, -0.2) is 0 Å². The SMILES string of the molecule is C=C(C)/C=C(Cl)\C(=C/C)OCC(=O)C1CCC(C2CCC3=CC(=O)CCC3C2)C1(C)CO.C=O. The van der Waals surface area contributed by atoms with Crippen LogP contribution in [0.1, 0.15) is 65.7 Å². The number of aliphatic hydroxyl groups is 1. The van der Waals surface area contributed by atoms with Crippen molar-refractivity contribution < 1.29 is 24.2 Å². The molecule has 188 valence electrons. The Balaban J connectivity index is 0.00000199. The highest BCUT2D eigenvalue weighted by Crippen LogP contribution is 2.55. The lowest BCUT2D eigenvalue weighted by atomic mass is 9.62. The lowest BCUT2D eigenvalue weighted by Gasteiger charge is -2.43. The van der Waals surface area contributed by atoms with Crippen molar-refractivity contribution >= 4 is 30.0 Å². The first-order chi connectivity index (χ1) is 16.2. The first-order valence-electron chi connectivity index (χ1n) is 12.2. The number of ketones is 2. The first-order valence-corrected chi connectivity index (χ1v) is 12.5. The lowest BCUT2D eigenvalue weighted by Crippen LogP contribution is -2.42. The Morgan fingerprint density at radius 3 is 2.59 bits per heavy atom. The number of halogens is 1. The molecule has 3 aliphatic rings. The molecule has 0 aliphatic heterocycles. The highest BCUT2D eigenvalue weighted by atomic mass is 35.5. The summed E-state index contributed by atoms with van der Waals surface area (Å²) >= 11 is 6.29. The molecule has 0 heterocycles. The molecule has 6 heteroatoms. The fraction of sp³-hybridized carbons (Fsp3) is 0.607. The van der Waals surface area contributed by atoms with Gasteiger partial charge in [-0.1, -0.05) is 36.2 Å². The van der Waals surface area contributed by atoms with Crippen molar-refractivity contribution in [2.24, 2.45) is 29.1 Å². The summed E-state index contributed by atoms with van der Waals surface area (Å²) in [6, 6.07) is 0. The summed E-state index contributed by atoms with van der Waals surface area (Å²) in [6.07, 6.45) is 11.8. The molecule has 2 fully saturated rings. The summed E-state index contributed by atoms with van der Waals surface area (Å²) in [5, 5.41) is 10.9. The topological polar surface area (TPSA) is 80.7 Å². The van der Waals surface area contributed by atoms with E-state index in [1.807, 2.05) is 26.7 Å². The van der Waals surface area contributed by atoms with Crippen LogP contribution in [-0.2, 0) is 19.1 Å². The van der Waals surface area contributed by atoms with Crippen LogP contribution in [0.15, 0.2) is 46.7 Å². The summed E-state index contributed by atoms with van der Waals surface area (Å²) in [5.41, 5.74) is 1.69. The van der Waals surface area contributed by atoms with E-state index in [0.717, 1.165) is 44.1 Å². The number of carbonyl (C=O) groups is 3. The van der Waals surface area contributed by atoms with Gasteiger partial charge >= 0.3 is 0 Å². The number of carbonyl (C=O) groups excluding carboxylic acids is 3. The molecule has 0 aromatic rings. The molecule has 2 saturated carbocycles. The Morgan fingerprint density at radius 2 is 1.97 bits per heavy atom. The third kappa shape index (κ3) is 6.37. The number of aliphatic hydroxyl groups excluding tert-OH is 1. The van der Waals surface area contributed by atoms with Crippen molar-refractivity contribution in [3.05, 3.63) is 46.7 Å². The van der Waals surface area contributed by atoms with Gasteiger partial charge in [0, 0.05) is 24.4 Å². The van der Waals surface area contributed by atoms with Crippen LogP contribution in [0.5, 0.6) is 0 Å². The highest BCUT2D eigenvalue weighted by Gasteiger charge is 2.52. The van der Waals surface area contributed by atoms with Crippen molar-refractivity contribution in [3.63, 3.8) is 0 Å². The third-order valence-corrected chi connectivity index (χ3v) is 8.24. The molecule has 0 aromatic heterocycles. The van der Waals surface area contributed by atoms with E-state index in [4.69, 9.17) is 21.1 Å². The standard InChI is InChI=1S/C27H37ClO4.CH2O/c1-5-26(24(28)12-17(2)3)32-15-25(31)23-11-10-22(27(23,4)16-29)20-7-6-19-14-21(30)9-8-18(19)13-20;1-2/h5,12,14,18,20,22-23,29H,2,6-11,13,15-16H2,1,3-4H3;1H2/b24-12+,26-5+;. The maximum atomic E-state index is 13.2. The second-order valence-corrected chi connectivity index (χ2v) is 10.5. The maximum absolute atomic E-state index is 13.2. The minimum Gasteiger partial charge on any atom is -0.485 e. The van der Waals surface area contributed by atoms with Crippen LogP contribution >= 0.6 is 11.6 Å². The number of hydrogen-bond donors (Lipinski definition) is 1. The van der Waals surface area contributed by atoms with Crippen LogP contribution in [0.4, 0.5) is 0 Å². The summed E-state index contributed by atoms with van der Waals surface area (Å²) < 4.78 is 5.78. The molecule has 0 bridgehead atoms. The number of rotatable bonds is 8. The van der Waals surface area contributed by atoms with Gasteiger partial charge in [0.25, 0.3) is 0 Å². The molecule has 1 N–H and O–H groups in total. The van der Waals surface area contributed by atoms with Crippen molar-refractivity contribution in [3.8, 4) is 0 Å². The van der Waals surface area contributed by atoms with Crippen LogP contribution < -0.4 is 0 Å². The predicted molar refractivity (Wildman–Crippen MR) is 135 cm³/mol. The number of fused-ring (bicyclic) bond motifs is 1. The highest BCUT2D eigenvalue weighted by molar-refractivity contribution is 6.31. The predicted octanol–water partition coefficient (Wildman–Crippen LogP) is 5.72. The van der Waals surface area contributed by atoms with Crippen LogP contribution in [0.3, 0.4) is 0 Å². The second-order valence-electron chi connectivity index (χ2n) is 10.1. The number of hydrogen-bond acceptors (Lipinski definition) is 5. The molecule has 5 nitrogen and oxygen atoms in total. The largest absolute Gasteiger partial charge is 0.485 e. The summed E-state index contributed by atoms with van der Waals surface area (Å²) in [4.78, 5) is 33.0. The second kappa shape index (κ2) is 12.6. The quantitative estimate of drug-likeness (QED) is 0.347. The van der Waals surface area contributed by atoms with Crippen molar-refractivity contribution in [1.29, 1.82) is 0 Å². The Hall–Kier alpha value is -1.98. The number of ether oxygens (including phenoxy) is 1. The van der Waals surface area contributed by atoms with Crippen LogP contribution in [0.2, 0.25) is 0 Å². The van der Waals surface area contributed by atoms with Crippen molar-refractivity contribution in [1.82, 2.24) is 0 Å². The Morgan fingerprint density at radius 1 is 1.26 bits per heavy atom. The normalized spacial score (nSPS) is 31.7. The maximum Gasteiger partial charge on any atom is 0.173 e. The van der Waals surface area contributed by atoms with E-state index in [2.05, 4.69) is 13.5 Å². The molecule has 0 saturated heterocycles. The molecule has 0 aromatic carbocycles. The first kappa shape index (κ1) is 28.3. The van der Waals surface area contributed by atoms with E-state index in [1.54, 1.807) is 12.2 Å². The van der Waals surface area contributed by atoms with Gasteiger partial charge in [0.2, 0.25) is 0 Å². The molecule has 0 spiro atoms. The Labute approximate surface area is 209 Å². The fourth-order valence-corrected chi connectivity index (χ4v) is 6.62. The molecule has 5 unspecified atom stereocenters. The molecular formula is C28H39ClO5. The average Bonchev–Trinajstić information content (AvgIpc) is 3.17. The Bertz CT molecular complexity index is 870. The summed E-state index contributed by atoms with van der Waals surface area (Å²) in [7, 11) is 0. The molecule has 3 aliphatic carbocycles. The zero-order valence-electron chi connectivity index (χ0n) is 20.8. The minimum atomic E-state index is -0.440. The van der Waals surface area contributed by atoms with E-state index in [0.29, 0.717) is 35.0 Å². The molecule has 0 amide bonds. The van der Waals surface area contributed by atoms with Gasteiger partial charge in [-0.15, -0.1) is 0 Å². The van der Waals surface area contributed by atoms with E-state index in [9.17, 15) is 14.7 Å². The van der Waals surface area contributed by atoms with E-state index in [-0.39, 0.29) is 30.7 Å². The van der Waals surface area contributed by atoms with Crippen LogP contribution in [0, 0.1) is 29.1 Å². The molecule has 3 rings (SSSR count). The molecule has 0 radical (unpaired) electrons. The van der Waals surface area contributed by atoms with Gasteiger partial charge in [0.05, 0.1) is 5.03 Å².